The third-order valence-electron chi connectivity index (χ3n) is 5.91. The number of nitrogens with zero attached hydrogens (tertiary/aromatic N) is 1. The molecule has 1 N–H and O–H groups in total. The lowest BCUT2D eigenvalue weighted by atomic mass is 9.94. The van der Waals surface area contributed by atoms with E-state index in [1.54, 1.807) is 0 Å². The van der Waals surface area contributed by atoms with E-state index in [0.717, 1.165) is 24.1 Å². The Morgan fingerprint density at radius 2 is 1.68 bits per heavy atom. The number of benzene rings is 1. The molecule has 0 bridgehead atoms. The van der Waals surface area contributed by atoms with Crippen molar-refractivity contribution in [1.29, 1.82) is 0 Å². The van der Waals surface area contributed by atoms with E-state index in [0.29, 0.717) is 38.6 Å². The second-order valence-corrected chi connectivity index (χ2v) is 9.12. The molecule has 6 heteroatoms. The SMILES string of the molecule is CC(C)C(=O)CCc1ccc(NC(=O)CCCCCN2C(=O)CC(C(C)C)C2=O)cc1. The molecule has 6 nitrogen and oxygen atoms in total. The highest BCUT2D eigenvalue weighted by molar-refractivity contribution is 6.03. The number of aryl methyl sites for hydroxylation is 1. The third-order valence-corrected chi connectivity index (χ3v) is 5.91. The van der Waals surface area contributed by atoms with Gasteiger partial charge in [0.05, 0.1) is 0 Å². The first-order chi connectivity index (χ1) is 14.7. The first-order valence-electron chi connectivity index (χ1n) is 11.4. The van der Waals surface area contributed by atoms with Gasteiger partial charge >= 0.3 is 0 Å². The molecule has 0 saturated carbocycles. The highest BCUT2D eigenvalue weighted by atomic mass is 16.2. The van der Waals surface area contributed by atoms with Crippen LogP contribution in [-0.2, 0) is 25.6 Å². The fraction of sp³-hybridized carbons (Fsp3) is 0.600. The summed E-state index contributed by atoms with van der Waals surface area (Å²) in [6.45, 7) is 8.21. The van der Waals surface area contributed by atoms with Gasteiger partial charge in [-0.25, -0.2) is 0 Å². The van der Waals surface area contributed by atoms with Gasteiger partial charge in [0.25, 0.3) is 0 Å². The van der Waals surface area contributed by atoms with Crippen LogP contribution in [0.25, 0.3) is 0 Å². The van der Waals surface area contributed by atoms with Crippen LogP contribution in [0.3, 0.4) is 0 Å². The van der Waals surface area contributed by atoms with Crippen LogP contribution in [0, 0.1) is 17.8 Å². The molecular weight excluding hydrogens is 392 g/mol. The van der Waals surface area contributed by atoms with Gasteiger partial charge in [0.2, 0.25) is 17.7 Å². The molecular formula is C25H36N2O4. The fourth-order valence-electron chi connectivity index (χ4n) is 3.73. The first-order valence-corrected chi connectivity index (χ1v) is 11.4. The summed E-state index contributed by atoms with van der Waals surface area (Å²) in [5.74, 6) is 0.161. The van der Waals surface area contributed by atoms with Crippen LogP contribution >= 0.6 is 0 Å². The van der Waals surface area contributed by atoms with E-state index in [1.807, 2.05) is 52.0 Å². The van der Waals surface area contributed by atoms with E-state index in [4.69, 9.17) is 0 Å². The van der Waals surface area contributed by atoms with Gasteiger partial charge in [-0.2, -0.15) is 0 Å². The van der Waals surface area contributed by atoms with Crippen molar-refractivity contribution in [2.24, 2.45) is 17.8 Å². The van der Waals surface area contributed by atoms with Gasteiger partial charge in [0.1, 0.15) is 5.78 Å². The maximum atomic E-state index is 12.3. The second-order valence-electron chi connectivity index (χ2n) is 9.12. The smallest absolute Gasteiger partial charge is 0.233 e. The number of amides is 3. The minimum atomic E-state index is -0.180. The molecule has 2 rings (SSSR count). The summed E-state index contributed by atoms with van der Waals surface area (Å²) in [7, 11) is 0. The van der Waals surface area contributed by atoms with Crippen molar-refractivity contribution in [2.75, 3.05) is 11.9 Å². The fourth-order valence-corrected chi connectivity index (χ4v) is 3.73. The maximum Gasteiger partial charge on any atom is 0.233 e. The lowest BCUT2D eigenvalue weighted by Crippen LogP contribution is -2.32. The number of imide groups is 1. The van der Waals surface area contributed by atoms with Crippen LogP contribution < -0.4 is 5.32 Å². The van der Waals surface area contributed by atoms with Gasteiger partial charge in [0.15, 0.2) is 0 Å². The molecule has 1 fully saturated rings. The van der Waals surface area contributed by atoms with E-state index >= 15 is 0 Å². The van der Waals surface area contributed by atoms with Gasteiger partial charge in [-0.05, 0) is 42.9 Å². The van der Waals surface area contributed by atoms with E-state index in [2.05, 4.69) is 5.32 Å². The van der Waals surface area contributed by atoms with Crippen molar-refractivity contribution in [3.05, 3.63) is 29.8 Å². The van der Waals surface area contributed by atoms with Crippen LogP contribution in [-0.4, -0.2) is 34.9 Å². The molecule has 170 valence electrons. The van der Waals surface area contributed by atoms with Crippen LogP contribution in [0.1, 0.15) is 71.8 Å². The van der Waals surface area contributed by atoms with Crippen molar-refractivity contribution in [3.8, 4) is 0 Å². The number of anilines is 1. The Morgan fingerprint density at radius 3 is 2.26 bits per heavy atom. The summed E-state index contributed by atoms with van der Waals surface area (Å²) in [6.07, 6.45) is 4.21. The van der Waals surface area contributed by atoms with E-state index in [-0.39, 0.29) is 41.3 Å². The van der Waals surface area contributed by atoms with Gasteiger partial charge in [-0.3, -0.25) is 24.1 Å². The zero-order chi connectivity index (χ0) is 23.0. The Morgan fingerprint density at radius 1 is 1.00 bits per heavy atom. The third kappa shape index (κ3) is 7.60. The Balaban J connectivity index is 1.64. The topological polar surface area (TPSA) is 83.6 Å². The number of hydrogen-bond acceptors (Lipinski definition) is 4. The summed E-state index contributed by atoms with van der Waals surface area (Å²) in [5, 5.41) is 2.89. The molecule has 1 aliphatic heterocycles. The monoisotopic (exact) mass is 428 g/mol. The first kappa shape index (κ1) is 24.8. The minimum absolute atomic E-state index is 0.0454. The normalized spacial score (nSPS) is 16.5. The Hall–Kier alpha value is -2.50. The van der Waals surface area contributed by atoms with Gasteiger partial charge in [0, 0.05) is 43.3 Å². The number of Topliss-reactive ketones (excluding diaryl/α,β-unsaturated/α-hetero) is 1. The average Bonchev–Trinajstić information content (AvgIpc) is 3.01. The van der Waals surface area contributed by atoms with Crippen molar-refractivity contribution >= 4 is 29.2 Å². The number of likely N-dealkylation sites (tertiary alicyclic amines) is 1. The molecule has 1 atom stereocenters. The molecule has 1 aromatic carbocycles. The van der Waals surface area contributed by atoms with Crippen molar-refractivity contribution < 1.29 is 19.2 Å². The Labute approximate surface area is 185 Å². The van der Waals surface area contributed by atoms with Crippen molar-refractivity contribution in [3.63, 3.8) is 0 Å². The van der Waals surface area contributed by atoms with Crippen LogP contribution in [0.4, 0.5) is 5.69 Å². The predicted octanol–water partition coefficient (Wildman–Crippen LogP) is 4.37. The molecule has 1 aliphatic rings. The molecule has 1 unspecified atom stereocenters. The summed E-state index contributed by atoms with van der Waals surface area (Å²) in [4.78, 5) is 49.6. The predicted molar refractivity (Wildman–Crippen MR) is 121 cm³/mol. The lowest BCUT2D eigenvalue weighted by molar-refractivity contribution is -0.139. The largest absolute Gasteiger partial charge is 0.326 e. The standard InChI is InChI=1S/C25H36N2O4/c1-17(2)21-16-24(30)27(25(21)31)15-7-5-6-8-23(29)26-20-12-9-19(10-13-20)11-14-22(28)18(3)4/h9-10,12-13,17-18,21H,5-8,11,14-16H2,1-4H3,(H,26,29). The van der Waals surface area contributed by atoms with E-state index < -0.39 is 0 Å². The van der Waals surface area contributed by atoms with Crippen LogP contribution in [0.15, 0.2) is 24.3 Å². The number of ketones is 1. The molecule has 1 aromatic rings. The number of nitrogens with one attached hydrogen (secondary N) is 1. The molecule has 31 heavy (non-hydrogen) atoms. The van der Waals surface area contributed by atoms with Crippen molar-refractivity contribution in [1.82, 2.24) is 4.90 Å². The maximum absolute atomic E-state index is 12.3. The summed E-state index contributed by atoms with van der Waals surface area (Å²) < 4.78 is 0. The molecule has 0 spiro atoms. The lowest BCUT2D eigenvalue weighted by Gasteiger charge is -2.16. The van der Waals surface area contributed by atoms with Gasteiger partial charge < -0.3 is 5.32 Å². The quantitative estimate of drug-likeness (QED) is 0.396. The minimum Gasteiger partial charge on any atom is -0.326 e. The summed E-state index contributed by atoms with van der Waals surface area (Å²) >= 11 is 0. The molecule has 1 heterocycles. The summed E-state index contributed by atoms with van der Waals surface area (Å²) in [5.41, 5.74) is 1.83. The molecule has 0 aliphatic carbocycles. The zero-order valence-electron chi connectivity index (χ0n) is 19.3. The number of unbranched alkanes of at least 4 members (excludes halogenated alkanes) is 2. The van der Waals surface area contributed by atoms with Crippen LogP contribution in [0.2, 0.25) is 0 Å². The van der Waals surface area contributed by atoms with Gasteiger partial charge in [-0.15, -0.1) is 0 Å². The van der Waals surface area contributed by atoms with Crippen molar-refractivity contribution in [2.45, 2.75) is 72.6 Å². The molecule has 1 saturated heterocycles. The highest BCUT2D eigenvalue weighted by Crippen LogP contribution is 2.26. The average molecular weight is 429 g/mol. The van der Waals surface area contributed by atoms with E-state index in [9.17, 15) is 19.2 Å². The molecule has 0 radical (unpaired) electrons. The molecule has 0 aromatic heterocycles. The highest BCUT2D eigenvalue weighted by Gasteiger charge is 2.39. The number of rotatable bonds is 12. The number of carbonyl (C=O) groups excluding carboxylic acids is 4. The molecule has 3 amide bonds. The Kier molecular flexibility index (Phi) is 9.41. The number of hydrogen-bond donors (Lipinski definition) is 1. The zero-order valence-corrected chi connectivity index (χ0v) is 19.3. The summed E-state index contributed by atoms with van der Waals surface area (Å²) in [6, 6.07) is 7.61. The Bertz CT molecular complexity index is 783. The van der Waals surface area contributed by atoms with Crippen LogP contribution in [0.5, 0.6) is 0 Å². The second kappa shape index (κ2) is 11.8. The number of carbonyl (C=O) groups is 4. The van der Waals surface area contributed by atoms with Gasteiger partial charge in [-0.1, -0.05) is 46.2 Å². The van der Waals surface area contributed by atoms with E-state index in [1.165, 1.54) is 4.90 Å².